The maximum Gasteiger partial charge on any atom is 0.346 e. The van der Waals surface area contributed by atoms with Gasteiger partial charge in [0.2, 0.25) is 0 Å². The molecule has 2 N–H and O–H groups in total. The third-order valence-electron chi connectivity index (χ3n) is 4.47. The molecule has 0 atom stereocenters. The molecule has 28 heavy (non-hydrogen) atoms. The second kappa shape index (κ2) is 7.87. The summed E-state index contributed by atoms with van der Waals surface area (Å²) >= 11 is 1.62. The number of benzene rings is 1. The number of fused-ring (bicyclic) bond motifs is 1. The van der Waals surface area contributed by atoms with E-state index in [9.17, 15) is 9.18 Å². The first kappa shape index (κ1) is 18.3. The van der Waals surface area contributed by atoms with E-state index in [0.29, 0.717) is 18.4 Å². The molecular formula is C20H18FN5OS. The van der Waals surface area contributed by atoms with Crippen molar-refractivity contribution in [3.05, 3.63) is 82.3 Å². The monoisotopic (exact) mass is 395 g/mol. The van der Waals surface area contributed by atoms with Gasteiger partial charge < -0.3 is 5.73 Å². The fraction of sp³-hybridized carbons (Fsp3) is 0.150. The van der Waals surface area contributed by atoms with E-state index in [4.69, 9.17) is 5.73 Å². The molecule has 0 saturated heterocycles. The number of nitrogens with zero attached hydrogens (tertiary/aromatic N) is 4. The molecule has 3 heterocycles. The molecule has 0 saturated carbocycles. The average Bonchev–Trinajstić information content (AvgIpc) is 3.33. The highest BCUT2D eigenvalue weighted by Gasteiger charge is 2.11. The Labute approximate surface area is 164 Å². The number of rotatable bonds is 6. The van der Waals surface area contributed by atoms with Crippen LogP contribution in [0.3, 0.4) is 0 Å². The SMILES string of the molecule is NC/C(=C\F)Cn1ncn(Cc2ccc(-c3cccc4ncccc34)s2)c1=O. The second-order valence-corrected chi connectivity index (χ2v) is 7.48. The highest BCUT2D eigenvalue weighted by molar-refractivity contribution is 7.15. The van der Waals surface area contributed by atoms with Crippen molar-refractivity contribution in [1.29, 1.82) is 0 Å². The van der Waals surface area contributed by atoms with Crippen molar-refractivity contribution in [3.8, 4) is 10.4 Å². The van der Waals surface area contributed by atoms with Crippen LogP contribution in [0.2, 0.25) is 0 Å². The third-order valence-corrected chi connectivity index (χ3v) is 5.57. The first-order valence-corrected chi connectivity index (χ1v) is 9.54. The van der Waals surface area contributed by atoms with Crippen LogP contribution in [0, 0.1) is 0 Å². The summed E-state index contributed by atoms with van der Waals surface area (Å²) in [6.07, 6.45) is 3.68. The van der Waals surface area contributed by atoms with Crippen LogP contribution in [0.25, 0.3) is 21.3 Å². The summed E-state index contributed by atoms with van der Waals surface area (Å²) < 4.78 is 15.4. The lowest BCUT2D eigenvalue weighted by Crippen LogP contribution is -2.26. The average molecular weight is 395 g/mol. The molecule has 6 nitrogen and oxygen atoms in total. The van der Waals surface area contributed by atoms with Gasteiger partial charge in [-0.2, -0.15) is 5.10 Å². The van der Waals surface area contributed by atoms with Gasteiger partial charge in [-0.3, -0.25) is 9.55 Å². The Morgan fingerprint density at radius 1 is 1.21 bits per heavy atom. The van der Waals surface area contributed by atoms with E-state index in [1.165, 1.54) is 15.6 Å². The Hall–Kier alpha value is -3.10. The summed E-state index contributed by atoms with van der Waals surface area (Å²) in [5, 5.41) is 5.15. The van der Waals surface area contributed by atoms with Gasteiger partial charge >= 0.3 is 5.69 Å². The number of halogens is 1. The molecule has 0 fully saturated rings. The molecule has 8 heteroatoms. The van der Waals surface area contributed by atoms with E-state index < -0.39 is 0 Å². The quantitative estimate of drug-likeness (QED) is 0.544. The van der Waals surface area contributed by atoms with Gasteiger partial charge in [0, 0.05) is 33.4 Å². The molecule has 0 spiro atoms. The summed E-state index contributed by atoms with van der Waals surface area (Å²) in [4.78, 5) is 19.0. The first-order chi connectivity index (χ1) is 13.7. The van der Waals surface area contributed by atoms with Gasteiger partial charge in [0.05, 0.1) is 24.9 Å². The van der Waals surface area contributed by atoms with Gasteiger partial charge in [0.25, 0.3) is 0 Å². The summed E-state index contributed by atoms with van der Waals surface area (Å²) in [5.41, 5.74) is 7.53. The van der Waals surface area contributed by atoms with Crippen LogP contribution in [0.1, 0.15) is 4.88 Å². The van der Waals surface area contributed by atoms with Crippen molar-refractivity contribution in [2.45, 2.75) is 13.1 Å². The van der Waals surface area contributed by atoms with Gasteiger partial charge in [-0.15, -0.1) is 11.3 Å². The summed E-state index contributed by atoms with van der Waals surface area (Å²) in [7, 11) is 0. The highest BCUT2D eigenvalue weighted by atomic mass is 32.1. The molecule has 4 rings (SSSR count). The Kier molecular flexibility index (Phi) is 5.14. The van der Waals surface area contributed by atoms with E-state index >= 15 is 0 Å². The molecule has 0 aliphatic rings. The van der Waals surface area contributed by atoms with Crippen LogP contribution in [0.5, 0.6) is 0 Å². The predicted octanol–water partition coefficient (Wildman–Crippen LogP) is 3.18. The Balaban J connectivity index is 1.59. The van der Waals surface area contributed by atoms with E-state index in [0.717, 1.165) is 26.2 Å². The fourth-order valence-electron chi connectivity index (χ4n) is 3.02. The molecule has 1 aromatic carbocycles. The molecule has 0 radical (unpaired) electrons. The van der Waals surface area contributed by atoms with Crippen molar-refractivity contribution in [1.82, 2.24) is 19.3 Å². The van der Waals surface area contributed by atoms with Crippen LogP contribution >= 0.6 is 11.3 Å². The van der Waals surface area contributed by atoms with Gasteiger partial charge in [0.15, 0.2) is 0 Å². The molecule has 0 aliphatic heterocycles. The molecule has 0 amide bonds. The molecule has 142 valence electrons. The standard InChI is InChI=1S/C20H18FN5OS/c21-9-14(10-22)11-26-20(27)25(13-24-26)12-15-6-7-19(28-15)17-3-1-5-18-16(17)4-2-8-23-18/h1-9,13H,10-12,22H2/b14-9+. The zero-order chi connectivity index (χ0) is 19.5. The molecular weight excluding hydrogens is 377 g/mol. The van der Waals surface area contributed by atoms with Crippen molar-refractivity contribution in [2.75, 3.05) is 6.54 Å². The lowest BCUT2D eigenvalue weighted by Gasteiger charge is -2.03. The zero-order valence-electron chi connectivity index (χ0n) is 15.0. The largest absolute Gasteiger partial charge is 0.346 e. The number of hydrogen-bond donors (Lipinski definition) is 1. The van der Waals surface area contributed by atoms with Crippen LogP contribution in [0.15, 0.2) is 71.7 Å². The predicted molar refractivity (Wildman–Crippen MR) is 109 cm³/mol. The van der Waals surface area contributed by atoms with Gasteiger partial charge in [0.1, 0.15) is 6.33 Å². The summed E-state index contributed by atoms with van der Waals surface area (Å²) in [5.74, 6) is 0. The fourth-order valence-corrected chi connectivity index (χ4v) is 4.06. The summed E-state index contributed by atoms with van der Waals surface area (Å²) in [6.45, 7) is 0.505. The van der Waals surface area contributed by atoms with Crippen LogP contribution < -0.4 is 11.4 Å². The van der Waals surface area contributed by atoms with Crippen LogP contribution in [-0.2, 0) is 13.1 Å². The minimum absolute atomic E-state index is 0.0456. The molecule has 0 unspecified atom stereocenters. The van der Waals surface area contributed by atoms with E-state index in [-0.39, 0.29) is 18.8 Å². The minimum atomic E-state index is -0.294. The molecule has 4 aromatic rings. The molecule has 0 bridgehead atoms. The minimum Gasteiger partial charge on any atom is -0.327 e. The van der Waals surface area contributed by atoms with Gasteiger partial charge in [-0.05, 0) is 29.8 Å². The van der Waals surface area contributed by atoms with Crippen molar-refractivity contribution in [2.24, 2.45) is 5.73 Å². The van der Waals surface area contributed by atoms with Gasteiger partial charge in [-0.1, -0.05) is 18.2 Å². The van der Waals surface area contributed by atoms with Crippen LogP contribution in [-0.4, -0.2) is 25.9 Å². The lowest BCUT2D eigenvalue weighted by molar-refractivity contribution is 0.604. The maximum absolute atomic E-state index is 12.7. The second-order valence-electron chi connectivity index (χ2n) is 6.31. The maximum atomic E-state index is 12.7. The number of thiophene rings is 1. The van der Waals surface area contributed by atoms with Crippen molar-refractivity contribution < 1.29 is 4.39 Å². The normalized spacial score (nSPS) is 12.0. The van der Waals surface area contributed by atoms with Crippen molar-refractivity contribution in [3.63, 3.8) is 0 Å². The third kappa shape index (κ3) is 3.51. The van der Waals surface area contributed by atoms with E-state index in [1.54, 1.807) is 17.5 Å². The number of pyridine rings is 1. The Morgan fingerprint density at radius 3 is 2.93 bits per heavy atom. The Morgan fingerprint density at radius 2 is 2.11 bits per heavy atom. The number of hydrogen-bond acceptors (Lipinski definition) is 5. The number of aromatic nitrogens is 4. The highest BCUT2D eigenvalue weighted by Crippen LogP contribution is 2.33. The molecule has 3 aromatic heterocycles. The van der Waals surface area contributed by atoms with Crippen molar-refractivity contribution >= 4 is 22.2 Å². The first-order valence-electron chi connectivity index (χ1n) is 8.73. The van der Waals surface area contributed by atoms with E-state index in [2.05, 4.69) is 28.3 Å². The summed E-state index contributed by atoms with van der Waals surface area (Å²) in [6, 6.07) is 14.1. The number of nitrogens with two attached hydrogens (primary N) is 1. The van der Waals surface area contributed by atoms with Crippen LogP contribution in [0.4, 0.5) is 4.39 Å². The molecule has 0 aliphatic carbocycles. The lowest BCUT2D eigenvalue weighted by atomic mass is 10.1. The smallest absolute Gasteiger partial charge is 0.327 e. The van der Waals surface area contributed by atoms with E-state index in [1.807, 2.05) is 24.3 Å². The topological polar surface area (TPSA) is 78.7 Å². The zero-order valence-corrected chi connectivity index (χ0v) is 15.8. The Bertz CT molecular complexity index is 1200. The van der Waals surface area contributed by atoms with Gasteiger partial charge in [-0.25, -0.2) is 13.9 Å².